The van der Waals surface area contributed by atoms with E-state index in [1.165, 1.54) is 22.3 Å². The zero-order chi connectivity index (χ0) is 17.2. The van der Waals surface area contributed by atoms with E-state index in [4.69, 9.17) is 5.21 Å². The van der Waals surface area contributed by atoms with Crippen molar-refractivity contribution in [2.24, 2.45) is 0 Å². The highest BCUT2D eigenvalue weighted by Crippen LogP contribution is 2.13. The molecular formula is C22H22N3+. The van der Waals surface area contributed by atoms with Crippen LogP contribution in [0.5, 0.6) is 0 Å². The maximum Gasteiger partial charge on any atom is 0.198 e. The Morgan fingerprint density at radius 2 is 1.48 bits per heavy atom. The third kappa shape index (κ3) is 3.31. The first-order chi connectivity index (χ1) is 12.2. The van der Waals surface area contributed by atoms with Crippen LogP contribution in [0.4, 0.5) is 0 Å². The van der Waals surface area contributed by atoms with E-state index in [0.717, 1.165) is 24.1 Å². The van der Waals surface area contributed by atoms with Gasteiger partial charge in [0.25, 0.3) is 0 Å². The highest BCUT2D eigenvalue weighted by atomic mass is 15.5. The van der Waals surface area contributed by atoms with Gasteiger partial charge in [-0.25, -0.2) is 0 Å². The summed E-state index contributed by atoms with van der Waals surface area (Å²) in [5, 5.41) is 4.87. The van der Waals surface area contributed by atoms with Crippen molar-refractivity contribution >= 4 is 11.0 Å². The van der Waals surface area contributed by atoms with Gasteiger partial charge >= 0.3 is 0 Å². The predicted molar refractivity (Wildman–Crippen MR) is 100 cm³/mol. The third-order valence-corrected chi connectivity index (χ3v) is 4.48. The molecule has 0 atom stereocenters. The molecule has 25 heavy (non-hydrogen) atoms. The number of hydrogen-bond donors (Lipinski definition) is 0. The molecule has 0 bridgehead atoms. The van der Waals surface area contributed by atoms with Crippen molar-refractivity contribution in [2.45, 2.75) is 26.9 Å². The number of hydrogen-bond acceptors (Lipinski definition) is 1. The molecular weight excluding hydrogens is 306 g/mol. The lowest BCUT2D eigenvalue weighted by Crippen LogP contribution is -2.37. The minimum Gasteiger partial charge on any atom is -0.125 e. The molecule has 0 spiro atoms. The smallest absolute Gasteiger partial charge is 0.125 e. The molecule has 0 aliphatic carbocycles. The van der Waals surface area contributed by atoms with Gasteiger partial charge in [-0.05, 0) is 37.1 Å². The summed E-state index contributed by atoms with van der Waals surface area (Å²) in [6, 6.07) is 25.7. The molecule has 1 aromatic heterocycles. The molecule has 0 amide bonds. The van der Waals surface area contributed by atoms with Crippen LogP contribution in [0.25, 0.3) is 11.0 Å². The third-order valence-electron chi connectivity index (χ3n) is 4.48. The molecule has 0 radical (unpaired) electrons. The molecule has 0 aliphatic rings. The van der Waals surface area contributed by atoms with Crippen molar-refractivity contribution in [1.82, 2.24) is 9.90 Å². The Bertz CT molecular complexity index is 949. The van der Waals surface area contributed by atoms with E-state index in [9.17, 15) is 0 Å². The molecule has 0 saturated heterocycles. The van der Waals surface area contributed by atoms with Crippen LogP contribution in [0.15, 0.2) is 72.8 Å². The van der Waals surface area contributed by atoms with Gasteiger partial charge in [-0.15, -0.1) is 9.36 Å². The Hall–Kier alpha value is -2.94. The Kier molecular flexibility index (Phi) is 4.06. The van der Waals surface area contributed by atoms with Crippen molar-refractivity contribution in [2.75, 3.05) is 0 Å². The lowest BCUT2D eigenvalue weighted by Gasteiger charge is -1.99. The van der Waals surface area contributed by atoms with Gasteiger partial charge in [-0.2, -0.15) is 0 Å². The van der Waals surface area contributed by atoms with Crippen LogP contribution in [0.1, 0.15) is 22.3 Å². The van der Waals surface area contributed by atoms with Crippen LogP contribution in [-0.2, 0) is 13.1 Å². The minimum atomic E-state index is 0.781. The molecule has 0 aliphatic heterocycles. The molecule has 0 unspecified atom stereocenters. The van der Waals surface area contributed by atoms with Crippen LogP contribution < -0.4 is 4.68 Å². The van der Waals surface area contributed by atoms with E-state index in [2.05, 4.69) is 96.0 Å². The predicted octanol–water partition coefficient (Wildman–Crippen LogP) is 4.04. The van der Waals surface area contributed by atoms with E-state index in [1.807, 2.05) is 0 Å². The van der Waals surface area contributed by atoms with E-state index in [1.54, 1.807) is 0 Å². The number of para-hydroxylation sites is 2. The Morgan fingerprint density at radius 1 is 0.800 bits per heavy atom. The first kappa shape index (κ1) is 15.6. The van der Waals surface area contributed by atoms with E-state index in [-0.39, 0.29) is 0 Å². The van der Waals surface area contributed by atoms with Gasteiger partial charge in [0, 0.05) is 0 Å². The fourth-order valence-corrected chi connectivity index (χ4v) is 3.33. The van der Waals surface area contributed by atoms with Crippen LogP contribution >= 0.6 is 0 Å². The zero-order valence-corrected chi connectivity index (χ0v) is 14.7. The van der Waals surface area contributed by atoms with Crippen molar-refractivity contribution in [1.29, 1.82) is 0 Å². The molecule has 0 N–H and O–H groups in total. The van der Waals surface area contributed by atoms with Crippen molar-refractivity contribution in [3.8, 4) is 0 Å². The number of aryl methyl sites for hydroxylation is 2. The summed E-state index contributed by atoms with van der Waals surface area (Å²) in [5.74, 6) is 0. The average Bonchev–Trinajstić information content (AvgIpc) is 2.93. The number of rotatable bonds is 4. The number of benzene rings is 3. The number of aromatic nitrogens is 3. The summed E-state index contributed by atoms with van der Waals surface area (Å²) in [5.41, 5.74) is 7.43. The summed E-state index contributed by atoms with van der Waals surface area (Å²) in [4.78, 5) is 0. The SMILES string of the molecule is Cc1cccc(Cn2n[n+](Cc3cccc(C)c3)c3ccccc32)c1. The van der Waals surface area contributed by atoms with Crippen LogP contribution in [0.2, 0.25) is 0 Å². The van der Waals surface area contributed by atoms with E-state index >= 15 is 0 Å². The molecule has 1 heterocycles. The molecule has 3 aromatic carbocycles. The fourth-order valence-electron chi connectivity index (χ4n) is 3.33. The monoisotopic (exact) mass is 328 g/mol. The van der Waals surface area contributed by atoms with Crippen molar-refractivity contribution in [3.05, 3.63) is 95.1 Å². The Morgan fingerprint density at radius 3 is 2.24 bits per heavy atom. The molecule has 4 aromatic rings. The highest BCUT2D eigenvalue weighted by molar-refractivity contribution is 5.70. The minimum absolute atomic E-state index is 0.781. The number of fused-ring (bicyclic) bond motifs is 1. The van der Waals surface area contributed by atoms with Crippen LogP contribution in [-0.4, -0.2) is 9.90 Å². The summed E-state index contributed by atoms with van der Waals surface area (Å²) < 4.78 is 4.19. The van der Waals surface area contributed by atoms with Crippen molar-refractivity contribution < 1.29 is 4.68 Å². The second kappa shape index (κ2) is 6.52. The molecule has 3 heteroatoms. The second-order valence-corrected chi connectivity index (χ2v) is 6.67. The molecule has 124 valence electrons. The topological polar surface area (TPSA) is 21.7 Å². The van der Waals surface area contributed by atoms with Gasteiger partial charge in [0.2, 0.25) is 0 Å². The normalized spacial score (nSPS) is 11.1. The maximum absolute atomic E-state index is 4.87. The van der Waals surface area contributed by atoms with Gasteiger partial charge in [0.15, 0.2) is 11.0 Å². The highest BCUT2D eigenvalue weighted by Gasteiger charge is 2.18. The maximum atomic E-state index is 4.87. The summed E-state index contributed by atoms with van der Waals surface area (Å²) >= 11 is 0. The van der Waals surface area contributed by atoms with Crippen LogP contribution in [0, 0.1) is 13.8 Å². The van der Waals surface area contributed by atoms with Gasteiger partial charge in [0.05, 0.1) is 5.21 Å². The van der Waals surface area contributed by atoms with Gasteiger partial charge in [0.1, 0.15) is 13.1 Å². The van der Waals surface area contributed by atoms with Gasteiger partial charge in [-0.1, -0.05) is 71.8 Å². The second-order valence-electron chi connectivity index (χ2n) is 6.67. The first-order valence-corrected chi connectivity index (χ1v) is 8.66. The van der Waals surface area contributed by atoms with Crippen molar-refractivity contribution in [3.63, 3.8) is 0 Å². The Labute approximate surface area is 148 Å². The molecule has 3 nitrogen and oxygen atoms in total. The standard InChI is InChI=1S/C22H22N3/c1-17-7-5-9-19(13-17)15-24-21-11-3-4-12-22(21)25(23-24)16-20-10-6-8-18(2)14-20/h3-14H,15-16H2,1-2H3/q+1. The van der Waals surface area contributed by atoms with E-state index in [0.29, 0.717) is 0 Å². The first-order valence-electron chi connectivity index (χ1n) is 8.66. The summed E-state index contributed by atoms with van der Waals surface area (Å²) in [6.07, 6.45) is 0. The van der Waals surface area contributed by atoms with Gasteiger partial charge in [-0.3, -0.25) is 0 Å². The lowest BCUT2D eigenvalue weighted by molar-refractivity contribution is -0.724. The number of nitrogens with zero attached hydrogens (tertiary/aromatic N) is 3. The van der Waals surface area contributed by atoms with Crippen LogP contribution in [0.3, 0.4) is 0 Å². The summed E-state index contributed by atoms with van der Waals surface area (Å²) in [7, 11) is 0. The molecule has 4 rings (SSSR count). The Balaban J connectivity index is 1.73. The van der Waals surface area contributed by atoms with Gasteiger partial charge < -0.3 is 0 Å². The zero-order valence-electron chi connectivity index (χ0n) is 14.7. The average molecular weight is 328 g/mol. The quantitative estimate of drug-likeness (QED) is 0.518. The molecule has 0 fully saturated rings. The largest absolute Gasteiger partial charge is 0.198 e. The molecule has 0 saturated carbocycles. The lowest BCUT2D eigenvalue weighted by atomic mass is 10.1. The van der Waals surface area contributed by atoms with E-state index < -0.39 is 0 Å². The summed E-state index contributed by atoms with van der Waals surface area (Å²) in [6.45, 7) is 5.82. The fraction of sp³-hybridized carbons (Fsp3) is 0.182.